The Morgan fingerprint density at radius 3 is 2.83 bits per heavy atom. The highest BCUT2D eigenvalue weighted by molar-refractivity contribution is 6.17. The number of nitro groups is 1. The van der Waals surface area contributed by atoms with Crippen molar-refractivity contribution in [2.45, 2.75) is 5.88 Å². The van der Waals surface area contributed by atoms with E-state index < -0.39 is 4.92 Å². The van der Waals surface area contributed by atoms with Crippen molar-refractivity contribution in [3.63, 3.8) is 0 Å². The minimum absolute atomic E-state index is 0.0586. The smallest absolute Gasteiger partial charge is 0.315 e. The predicted octanol–water partition coefficient (Wildman–Crippen LogP) is 1.31. The van der Waals surface area contributed by atoms with Crippen LogP contribution in [0, 0.1) is 10.1 Å². The lowest BCUT2D eigenvalue weighted by Gasteiger charge is -1.99. The lowest BCUT2D eigenvalue weighted by Crippen LogP contribution is -2.01. The zero-order chi connectivity index (χ0) is 9.14. The quantitative estimate of drug-likeness (QED) is 0.430. The average Bonchev–Trinajstić information content (AvgIpc) is 2.03. The second-order valence-corrected chi connectivity index (χ2v) is 2.36. The predicted molar refractivity (Wildman–Crippen MR) is 44.9 cm³/mol. The Morgan fingerprint density at radius 1 is 1.75 bits per heavy atom. The van der Waals surface area contributed by atoms with Gasteiger partial charge in [0.15, 0.2) is 0 Å². The minimum Gasteiger partial charge on any atom is -0.378 e. The Hall–Kier alpha value is -1.36. The summed E-state index contributed by atoms with van der Waals surface area (Å²) in [4.78, 5) is 13.4. The van der Waals surface area contributed by atoms with Crippen molar-refractivity contribution in [3.05, 3.63) is 27.9 Å². The molecule has 1 heterocycles. The molecule has 6 heteroatoms. The van der Waals surface area contributed by atoms with Crippen LogP contribution in [0.4, 0.5) is 11.5 Å². The van der Waals surface area contributed by atoms with Crippen molar-refractivity contribution < 1.29 is 4.92 Å². The first-order valence-corrected chi connectivity index (χ1v) is 3.64. The van der Waals surface area contributed by atoms with Gasteiger partial charge >= 0.3 is 5.69 Å². The standard InChI is InChI=1S/C6H6ClN3O2/c7-3-4-1-2-9-6(8)5(4)10(11)12/h1-2H,3H2,(H2,8,9). The summed E-state index contributed by atoms with van der Waals surface area (Å²) in [6.07, 6.45) is 1.39. The molecule has 0 aliphatic carbocycles. The van der Waals surface area contributed by atoms with Crippen LogP contribution in [0.15, 0.2) is 12.3 Å². The van der Waals surface area contributed by atoms with E-state index in [4.69, 9.17) is 17.3 Å². The van der Waals surface area contributed by atoms with Crippen LogP contribution in [0.1, 0.15) is 5.56 Å². The second-order valence-electron chi connectivity index (χ2n) is 2.09. The van der Waals surface area contributed by atoms with Crippen LogP contribution in [0.2, 0.25) is 0 Å². The molecule has 0 aliphatic rings. The Labute approximate surface area is 73.3 Å². The first-order valence-electron chi connectivity index (χ1n) is 3.10. The second kappa shape index (κ2) is 3.36. The normalized spacial score (nSPS) is 9.75. The van der Waals surface area contributed by atoms with Crippen LogP contribution >= 0.6 is 11.6 Å². The molecule has 0 saturated heterocycles. The number of rotatable bonds is 2. The zero-order valence-corrected chi connectivity index (χ0v) is 6.78. The Kier molecular flexibility index (Phi) is 2.44. The zero-order valence-electron chi connectivity index (χ0n) is 6.03. The maximum atomic E-state index is 10.4. The van der Waals surface area contributed by atoms with Gasteiger partial charge in [0.25, 0.3) is 0 Å². The highest BCUT2D eigenvalue weighted by Crippen LogP contribution is 2.24. The SMILES string of the molecule is Nc1nccc(CCl)c1[N+](=O)[O-]. The first kappa shape index (κ1) is 8.73. The third-order valence-corrected chi connectivity index (χ3v) is 1.65. The molecule has 1 aromatic rings. The molecule has 0 fully saturated rings. The number of hydrogen-bond donors (Lipinski definition) is 1. The van der Waals surface area contributed by atoms with Crippen molar-refractivity contribution in [1.29, 1.82) is 0 Å². The van der Waals surface area contributed by atoms with Gasteiger partial charge in [0.05, 0.1) is 16.4 Å². The lowest BCUT2D eigenvalue weighted by molar-refractivity contribution is -0.384. The summed E-state index contributed by atoms with van der Waals surface area (Å²) in [6, 6.07) is 1.47. The maximum Gasteiger partial charge on any atom is 0.315 e. The van der Waals surface area contributed by atoms with Crippen molar-refractivity contribution in [2.24, 2.45) is 0 Å². The van der Waals surface area contributed by atoms with Gasteiger partial charge in [-0.05, 0) is 6.07 Å². The first-order chi connectivity index (χ1) is 5.66. The topological polar surface area (TPSA) is 82.0 Å². The summed E-state index contributed by atoms with van der Waals surface area (Å²) in [7, 11) is 0. The number of aromatic nitrogens is 1. The molecule has 0 amide bonds. The number of halogens is 1. The fourth-order valence-corrected chi connectivity index (χ4v) is 1.05. The largest absolute Gasteiger partial charge is 0.378 e. The van der Waals surface area contributed by atoms with Crippen LogP contribution in [0.3, 0.4) is 0 Å². The molecule has 0 bridgehead atoms. The van der Waals surface area contributed by atoms with E-state index in [1.54, 1.807) is 0 Å². The highest BCUT2D eigenvalue weighted by atomic mass is 35.5. The third-order valence-electron chi connectivity index (χ3n) is 1.36. The van der Waals surface area contributed by atoms with Crippen molar-refractivity contribution in [2.75, 3.05) is 5.73 Å². The molecular weight excluding hydrogens is 182 g/mol. The van der Waals surface area contributed by atoms with Crippen molar-refractivity contribution in [3.8, 4) is 0 Å². The van der Waals surface area contributed by atoms with Crippen molar-refractivity contribution in [1.82, 2.24) is 4.98 Å². The molecule has 0 unspecified atom stereocenters. The summed E-state index contributed by atoms with van der Waals surface area (Å²) >= 11 is 5.46. The number of nitrogens with two attached hydrogens (primary N) is 1. The molecule has 0 radical (unpaired) electrons. The summed E-state index contributed by atoms with van der Waals surface area (Å²) in [6.45, 7) is 0. The minimum atomic E-state index is -0.583. The molecule has 0 spiro atoms. The molecule has 0 aliphatic heterocycles. The number of anilines is 1. The van der Waals surface area contributed by atoms with Gasteiger partial charge in [-0.2, -0.15) is 0 Å². The molecule has 64 valence electrons. The third kappa shape index (κ3) is 1.45. The van der Waals surface area contributed by atoms with Crippen LogP contribution in [-0.2, 0) is 5.88 Å². The van der Waals surface area contributed by atoms with E-state index in [0.717, 1.165) is 0 Å². The lowest BCUT2D eigenvalue weighted by atomic mass is 10.2. The molecule has 0 aromatic carbocycles. The highest BCUT2D eigenvalue weighted by Gasteiger charge is 2.17. The van der Waals surface area contributed by atoms with Gasteiger partial charge in [0.1, 0.15) is 0 Å². The summed E-state index contributed by atoms with van der Waals surface area (Å²) in [5, 5.41) is 10.4. The van der Waals surface area contributed by atoms with Crippen LogP contribution in [0.25, 0.3) is 0 Å². The fraction of sp³-hybridized carbons (Fsp3) is 0.167. The molecule has 1 rings (SSSR count). The Balaban J connectivity index is 3.29. The molecule has 2 N–H and O–H groups in total. The number of pyridine rings is 1. The number of hydrogen-bond acceptors (Lipinski definition) is 4. The van der Waals surface area contributed by atoms with E-state index in [1.165, 1.54) is 12.3 Å². The maximum absolute atomic E-state index is 10.4. The molecule has 12 heavy (non-hydrogen) atoms. The van der Waals surface area contributed by atoms with E-state index in [9.17, 15) is 10.1 Å². The van der Waals surface area contributed by atoms with E-state index >= 15 is 0 Å². The Bertz CT molecular complexity index is 316. The van der Waals surface area contributed by atoms with Gasteiger partial charge in [-0.1, -0.05) is 0 Å². The van der Waals surface area contributed by atoms with Crippen LogP contribution in [-0.4, -0.2) is 9.91 Å². The Morgan fingerprint density at radius 2 is 2.42 bits per heavy atom. The van der Waals surface area contributed by atoms with Crippen LogP contribution < -0.4 is 5.73 Å². The van der Waals surface area contributed by atoms with Gasteiger partial charge in [-0.15, -0.1) is 11.6 Å². The fourth-order valence-electron chi connectivity index (χ4n) is 0.831. The van der Waals surface area contributed by atoms with Gasteiger partial charge in [0.2, 0.25) is 5.82 Å². The van der Waals surface area contributed by atoms with Crippen molar-refractivity contribution >= 4 is 23.1 Å². The summed E-state index contributed by atoms with van der Waals surface area (Å²) < 4.78 is 0. The van der Waals surface area contributed by atoms with E-state index in [1.807, 2.05) is 0 Å². The monoisotopic (exact) mass is 187 g/mol. The molecule has 0 atom stereocenters. The number of nitrogen functional groups attached to an aromatic ring is 1. The van der Waals surface area contributed by atoms with Gasteiger partial charge in [-0.25, -0.2) is 4.98 Å². The molecule has 0 saturated carbocycles. The van der Waals surface area contributed by atoms with Crippen LogP contribution in [0.5, 0.6) is 0 Å². The van der Waals surface area contributed by atoms with Gasteiger partial charge in [-0.3, -0.25) is 10.1 Å². The van der Waals surface area contributed by atoms with E-state index in [0.29, 0.717) is 5.56 Å². The molecule has 1 aromatic heterocycles. The number of alkyl halides is 1. The average molecular weight is 188 g/mol. The van der Waals surface area contributed by atoms with Gasteiger partial charge < -0.3 is 5.73 Å². The molecular formula is C6H6ClN3O2. The molecule has 5 nitrogen and oxygen atoms in total. The van der Waals surface area contributed by atoms with E-state index in [2.05, 4.69) is 4.98 Å². The van der Waals surface area contributed by atoms with Gasteiger partial charge in [0, 0.05) is 6.20 Å². The van der Waals surface area contributed by atoms with E-state index in [-0.39, 0.29) is 17.4 Å². The number of nitrogens with zero attached hydrogens (tertiary/aromatic N) is 2. The summed E-state index contributed by atoms with van der Waals surface area (Å²) in [5.74, 6) is -0.0404. The summed E-state index contributed by atoms with van der Waals surface area (Å²) in [5.41, 5.74) is 5.47.